The third-order valence-electron chi connectivity index (χ3n) is 5.67. The third-order valence-corrected chi connectivity index (χ3v) is 6.29. The molecule has 1 saturated carbocycles. The molecule has 2 rings (SSSR count). The lowest BCUT2D eigenvalue weighted by molar-refractivity contribution is 0.401. The Morgan fingerprint density at radius 2 is 1.86 bits per heavy atom. The molecule has 1 aromatic carbocycles. The Bertz CT molecular complexity index is 496. The van der Waals surface area contributed by atoms with E-state index in [0.29, 0.717) is 22.8 Å². The lowest BCUT2D eigenvalue weighted by Crippen LogP contribution is -2.35. The average Bonchev–Trinajstić information content (AvgIpc) is 2.79. The molecule has 1 N–H and O–H groups in total. The Morgan fingerprint density at radius 3 is 2.29 bits per heavy atom. The second-order valence-electron chi connectivity index (χ2n) is 7.26. The maximum atomic E-state index is 5.32. The van der Waals surface area contributed by atoms with Crippen molar-refractivity contribution in [2.75, 3.05) is 13.7 Å². The Kier molecular flexibility index (Phi) is 4.75. The normalized spacial score (nSPS) is 21.1. The van der Waals surface area contributed by atoms with Gasteiger partial charge in [0.05, 0.1) is 11.6 Å². The number of rotatable bonds is 6. The molecule has 21 heavy (non-hydrogen) atoms. The van der Waals surface area contributed by atoms with Crippen LogP contribution >= 0.6 is 15.9 Å². The monoisotopic (exact) mass is 353 g/mol. The predicted octanol–water partition coefficient (Wildman–Crippen LogP) is 4.66. The minimum absolute atomic E-state index is 0.406. The van der Waals surface area contributed by atoms with Gasteiger partial charge in [0, 0.05) is 6.04 Å². The molecule has 1 atom stereocenters. The SMILES string of the molecule is CCNC(Cc1ccc(OC)c(Br)c1)C1C(C)(C)C1(C)C. The summed E-state index contributed by atoms with van der Waals surface area (Å²) in [4.78, 5) is 0. The molecule has 0 amide bonds. The fourth-order valence-corrected chi connectivity index (χ4v) is 4.50. The molecule has 1 fully saturated rings. The molecular formula is C18H28BrNO. The van der Waals surface area contributed by atoms with Crippen LogP contribution in [0.4, 0.5) is 0 Å². The summed E-state index contributed by atoms with van der Waals surface area (Å²) in [5.41, 5.74) is 2.17. The van der Waals surface area contributed by atoms with E-state index in [2.05, 4.69) is 68.0 Å². The summed E-state index contributed by atoms with van der Waals surface area (Å²) in [5, 5.41) is 3.71. The molecule has 0 radical (unpaired) electrons. The van der Waals surface area contributed by atoms with Crippen molar-refractivity contribution in [1.29, 1.82) is 0 Å². The Labute approximate surface area is 137 Å². The fraction of sp³-hybridized carbons (Fsp3) is 0.667. The quantitative estimate of drug-likeness (QED) is 0.802. The van der Waals surface area contributed by atoms with Gasteiger partial charge >= 0.3 is 0 Å². The summed E-state index contributed by atoms with van der Waals surface area (Å²) in [6.45, 7) is 12.8. The van der Waals surface area contributed by atoms with Gasteiger partial charge < -0.3 is 10.1 Å². The zero-order valence-corrected chi connectivity index (χ0v) is 15.7. The summed E-state index contributed by atoms with van der Waals surface area (Å²) < 4.78 is 6.35. The fourth-order valence-electron chi connectivity index (χ4n) is 3.91. The van der Waals surface area contributed by atoms with Crippen LogP contribution in [0.3, 0.4) is 0 Å². The van der Waals surface area contributed by atoms with Gasteiger partial charge in [-0.05, 0) is 63.3 Å². The number of hydrogen-bond donors (Lipinski definition) is 1. The average molecular weight is 354 g/mol. The number of benzene rings is 1. The molecule has 1 aliphatic carbocycles. The standard InChI is InChI=1S/C18H28BrNO/c1-7-20-14(16-17(2,3)18(16,4)5)11-12-8-9-15(21-6)13(19)10-12/h8-10,14,16,20H,7,11H2,1-6H3. The van der Waals surface area contributed by atoms with Crippen LogP contribution in [0.25, 0.3) is 0 Å². The van der Waals surface area contributed by atoms with Gasteiger partial charge in [-0.3, -0.25) is 0 Å². The van der Waals surface area contributed by atoms with Crippen LogP contribution < -0.4 is 10.1 Å². The van der Waals surface area contributed by atoms with Gasteiger partial charge in [-0.15, -0.1) is 0 Å². The lowest BCUT2D eigenvalue weighted by atomic mass is 9.96. The van der Waals surface area contributed by atoms with Crippen LogP contribution in [0, 0.1) is 16.7 Å². The van der Waals surface area contributed by atoms with E-state index in [4.69, 9.17) is 4.74 Å². The molecule has 2 nitrogen and oxygen atoms in total. The summed E-state index contributed by atoms with van der Waals surface area (Å²) >= 11 is 3.59. The van der Waals surface area contributed by atoms with Gasteiger partial charge in [0.1, 0.15) is 5.75 Å². The van der Waals surface area contributed by atoms with E-state index in [1.807, 2.05) is 6.07 Å². The minimum atomic E-state index is 0.406. The van der Waals surface area contributed by atoms with Gasteiger partial charge in [0.15, 0.2) is 0 Å². The van der Waals surface area contributed by atoms with Crippen molar-refractivity contribution >= 4 is 15.9 Å². The largest absolute Gasteiger partial charge is 0.496 e. The summed E-state index contributed by atoms with van der Waals surface area (Å²) in [5.74, 6) is 1.61. The number of halogens is 1. The molecule has 0 bridgehead atoms. The van der Waals surface area contributed by atoms with Gasteiger partial charge in [-0.1, -0.05) is 40.7 Å². The van der Waals surface area contributed by atoms with Crippen molar-refractivity contribution in [3.05, 3.63) is 28.2 Å². The van der Waals surface area contributed by atoms with E-state index in [-0.39, 0.29) is 0 Å². The van der Waals surface area contributed by atoms with Crippen LogP contribution in [0.15, 0.2) is 22.7 Å². The van der Waals surface area contributed by atoms with Crippen molar-refractivity contribution in [1.82, 2.24) is 5.32 Å². The molecule has 1 aromatic rings. The van der Waals surface area contributed by atoms with Crippen LogP contribution in [0.2, 0.25) is 0 Å². The smallest absolute Gasteiger partial charge is 0.133 e. The van der Waals surface area contributed by atoms with Gasteiger partial charge in [-0.25, -0.2) is 0 Å². The molecule has 0 aliphatic heterocycles. The summed E-state index contributed by atoms with van der Waals surface area (Å²) in [6, 6.07) is 6.94. The number of ether oxygens (including phenoxy) is 1. The van der Waals surface area contributed by atoms with Crippen LogP contribution in [-0.2, 0) is 6.42 Å². The second-order valence-corrected chi connectivity index (χ2v) is 8.11. The molecule has 1 aliphatic rings. The molecule has 0 heterocycles. The van der Waals surface area contributed by atoms with Crippen LogP contribution in [0.1, 0.15) is 40.2 Å². The van der Waals surface area contributed by atoms with E-state index in [0.717, 1.165) is 23.2 Å². The highest BCUT2D eigenvalue weighted by Gasteiger charge is 2.66. The number of methoxy groups -OCH3 is 1. The van der Waals surface area contributed by atoms with Gasteiger partial charge in [0.2, 0.25) is 0 Å². The first-order valence-corrected chi connectivity index (χ1v) is 8.60. The van der Waals surface area contributed by atoms with Gasteiger partial charge in [-0.2, -0.15) is 0 Å². The topological polar surface area (TPSA) is 21.3 Å². The van der Waals surface area contributed by atoms with Crippen LogP contribution in [0.5, 0.6) is 5.75 Å². The first-order chi connectivity index (χ1) is 9.75. The van der Waals surface area contributed by atoms with Gasteiger partial charge in [0.25, 0.3) is 0 Å². The summed E-state index contributed by atoms with van der Waals surface area (Å²) in [7, 11) is 1.70. The number of likely N-dealkylation sites (N-methyl/N-ethyl adjacent to an activating group) is 1. The predicted molar refractivity (Wildman–Crippen MR) is 92.9 cm³/mol. The molecule has 0 aromatic heterocycles. The van der Waals surface area contributed by atoms with Crippen molar-refractivity contribution in [2.45, 2.75) is 47.1 Å². The molecule has 1 unspecified atom stereocenters. The summed E-state index contributed by atoms with van der Waals surface area (Å²) in [6.07, 6.45) is 1.06. The number of nitrogens with one attached hydrogen (secondary N) is 1. The molecular weight excluding hydrogens is 326 g/mol. The van der Waals surface area contributed by atoms with Crippen molar-refractivity contribution in [3.8, 4) is 5.75 Å². The van der Waals surface area contributed by atoms with E-state index in [1.54, 1.807) is 7.11 Å². The lowest BCUT2D eigenvalue weighted by Gasteiger charge is -2.21. The highest BCUT2D eigenvalue weighted by molar-refractivity contribution is 9.10. The highest BCUT2D eigenvalue weighted by atomic mass is 79.9. The van der Waals surface area contributed by atoms with Crippen LogP contribution in [-0.4, -0.2) is 19.7 Å². The van der Waals surface area contributed by atoms with E-state index < -0.39 is 0 Å². The Morgan fingerprint density at radius 1 is 1.24 bits per heavy atom. The first-order valence-electron chi connectivity index (χ1n) is 7.81. The molecule has 3 heteroatoms. The van der Waals surface area contributed by atoms with Crippen molar-refractivity contribution in [2.24, 2.45) is 16.7 Å². The molecule has 0 saturated heterocycles. The molecule has 0 spiro atoms. The van der Waals surface area contributed by atoms with E-state index in [1.165, 1.54) is 5.56 Å². The Balaban J connectivity index is 2.16. The first kappa shape index (κ1) is 16.8. The Hall–Kier alpha value is -0.540. The van der Waals surface area contributed by atoms with Crippen molar-refractivity contribution < 1.29 is 4.74 Å². The van der Waals surface area contributed by atoms with E-state index in [9.17, 15) is 0 Å². The minimum Gasteiger partial charge on any atom is -0.496 e. The maximum absolute atomic E-state index is 5.32. The van der Waals surface area contributed by atoms with E-state index >= 15 is 0 Å². The third kappa shape index (κ3) is 3.00. The molecule has 118 valence electrons. The van der Waals surface area contributed by atoms with Crippen molar-refractivity contribution in [3.63, 3.8) is 0 Å². The zero-order chi connectivity index (χ0) is 15.8. The number of hydrogen-bond acceptors (Lipinski definition) is 2. The second kappa shape index (κ2) is 5.92. The highest BCUT2D eigenvalue weighted by Crippen LogP contribution is 2.69. The zero-order valence-electron chi connectivity index (χ0n) is 14.1. The maximum Gasteiger partial charge on any atom is 0.133 e.